The minimum atomic E-state index is -0.398. The van der Waals surface area contributed by atoms with Crippen LogP contribution in [0.3, 0.4) is 0 Å². The lowest BCUT2D eigenvalue weighted by Crippen LogP contribution is -2.05. The van der Waals surface area contributed by atoms with Gasteiger partial charge < -0.3 is 5.73 Å². The highest BCUT2D eigenvalue weighted by Gasteiger charge is 1.80. The van der Waals surface area contributed by atoms with E-state index in [4.69, 9.17) is 7.10 Å². The third-order valence-electron chi connectivity index (χ3n) is 0.385. The van der Waals surface area contributed by atoms with Crippen LogP contribution in [0.1, 0.15) is 15.2 Å². The molecule has 0 aromatic heterocycles. The first-order chi connectivity index (χ1) is 2.64. The predicted octanol–water partition coefficient (Wildman–Crippen LogP) is 0.601. The van der Waals surface area contributed by atoms with E-state index in [0.717, 1.165) is 0 Å². The molecule has 0 saturated heterocycles. The summed E-state index contributed by atoms with van der Waals surface area (Å²) in [6.45, 7) is 3.46. The summed E-state index contributed by atoms with van der Waals surface area (Å²) in [6.07, 6.45) is 0. The van der Waals surface area contributed by atoms with Gasteiger partial charge in [0.25, 0.3) is 0 Å². The van der Waals surface area contributed by atoms with Gasteiger partial charge in [0.1, 0.15) is 0 Å². The van der Waals surface area contributed by atoms with E-state index in [1.807, 2.05) is 13.8 Å². The molecule has 1 nitrogen and oxygen atoms in total. The Hall–Kier alpha value is -0.0400. The molecular formula is C4H11N. The molecular weight excluding hydrogens is 62.1 g/mol. The third kappa shape index (κ3) is 3.96. The van der Waals surface area contributed by atoms with Gasteiger partial charge in [0.05, 0.1) is 0 Å². The molecule has 0 aromatic rings. The topological polar surface area (TPSA) is 26.0 Å². The average Bonchev–Trinajstić information content (AvgIpc) is 1.36. The maximum atomic E-state index is 6.81. The highest BCUT2D eigenvalue weighted by Crippen LogP contribution is 1.81. The molecule has 1 heteroatoms. The normalized spacial score (nSPS) is 18.8. The number of hydrogen-bond donors (Lipinski definition) is 1. The first-order valence-electron chi connectivity index (χ1n) is 2.40. The van der Waals surface area contributed by atoms with Crippen molar-refractivity contribution in [3.63, 3.8) is 0 Å². The Morgan fingerprint density at radius 2 is 2.20 bits per heavy atom. The maximum Gasteiger partial charge on any atom is 0.0428 e. The van der Waals surface area contributed by atoms with E-state index in [1.165, 1.54) is 0 Å². The van der Waals surface area contributed by atoms with Crippen molar-refractivity contribution in [3.8, 4) is 0 Å². The molecule has 2 N–H and O–H groups in total. The summed E-state index contributed by atoms with van der Waals surface area (Å²) < 4.78 is 6.81. The molecule has 0 fully saturated rings. The molecule has 32 valence electrons. The molecule has 0 radical (unpaired) electrons. The van der Waals surface area contributed by atoms with Crippen LogP contribution < -0.4 is 5.73 Å². The van der Waals surface area contributed by atoms with Crippen LogP contribution >= 0.6 is 0 Å². The van der Waals surface area contributed by atoms with Crippen LogP contribution in [-0.2, 0) is 0 Å². The van der Waals surface area contributed by atoms with Crippen molar-refractivity contribution >= 4 is 0 Å². The van der Waals surface area contributed by atoms with Gasteiger partial charge in [-0.3, -0.25) is 0 Å². The van der Waals surface area contributed by atoms with Crippen molar-refractivity contribution < 1.29 is 1.37 Å². The van der Waals surface area contributed by atoms with E-state index < -0.39 is 6.52 Å². The van der Waals surface area contributed by atoms with Gasteiger partial charge in [0.15, 0.2) is 0 Å². The molecule has 0 heterocycles. The summed E-state index contributed by atoms with van der Waals surface area (Å²) in [5, 5.41) is 0. The summed E-state index contributed by atoms with van der Waals surface area (Å²) in [5.74, 6) is 0.296. The van der Waals surface area contributed by atoms with Crippen LogP contribution in [0.2, 0.25) is 0 Å². The zero-order valence-electron chi connectivity index (χ0n) is 4.73. The molecule has 0 spiro atoms. The first-order valence-corrected chi connectivity index (χ1v) is 1.82. The molecule has 0 aromatic carbocycles. The van der Waals surface area contributed by atoms with Gasteiger partial charge in [-0.2, -0.15) is 0 Å². The second-order valence-corrected chi connectivity index (χ2v) is 1.44. The van der Waals surface area contributed by atoms with E-state index in [-0.39, 0.29) is 0 Å². The van der Waals surface area contributed by atoms with E-state index in [2.05, 4.69) is 0 Å². The van der Waals surface area contributed by atoms with Crippen LogP contribution in [0, 0.1) is 5.92 Å². The summed E-state index contributed by atoms with van der Waals surface area (Å²) in [5.41, 5.74) is 5.10. The number of rotatable bonds is 1. The van der Waals surface area contributed by atoms with Gasteiger partial charge in [-0.25, -0.2) is 0 Å². The Labute approximate surface area is 34.6 Å². The minimum absolute atomic E-state index is 0.296. The lowest BCUT2D eigenvalue weighted by molar-refractivity contribution is 0.664. The van der Waals surface area contributed by atoms with Gasteiger partial charge >= 0.3 is 0 Å². The Balaban J connectivity index is 2.99. The van der Waals surface area contributed by atoms with Crippen LogP contribution in [0.25, 0.3) is 0 Å². The summed E-state index contributed by atoms with van der Waals surface area (Å²) in [4.78, 5) is 0. The SMILES string of the molecule is [2H][C@@H](N)C(C)C. The Bertz CT molecular complexity index is 28.5. The fourth-order valence-electron chi connectivity index (χ4n) is 0. The lowest BCUT2D eigenvalue weighted by atomic mass is 10.2. The second-order valence-electron chi connectivity index (χ2n) is 1.44. The zero-order chi connectivity index (χ0) is 5.15. The van der Waals surface area contributed by atoms with Gasteiger partial charge in [-0.05, 0) is 12.4 Å². The highest BCUT2D eigenvalue weighted by molar-refractivity contribution is 4.38. The third-order valence-corrected chi connectivity index (χ3v) is 0.385. The van der Waals surface area contributed by atoms with Crippen LogP contribution in [0.5, 0.6) is 0 Å². The minimum Gasteiger partial charge on any atom is -0.330 e. The highest BCUT2D eigenvalue weighted by atomic mass is 14.5. The average molecular weight is 74.1 g/mol. The smallest absolute Gasteiger partial charge is 0.0428 e. The van der Waals surface area contributed by atoms with Crippen LogP contribution in [0.4, 0.5) is 0 Å². The van der Waals surface area contributed by atoms with Gasteiger partial charge in [0.2, 0.25) is 0 Å². The monoisotopic (exact) mass is 74.1 g/mol. The zero-order valence-corrected chi connectivity index (χ0v) is 3.73. The van der Waals surface area contributed by atoms with Crippen molar-refractivity contribution in [1.29, 1.82) is 0 Å². The fourth-order valence-corrected chi connectivity index (χ4v) is 0. The van der Waals surface area contributed by atoms with E-state index in [9.17, 15) is 0 Å². The molecule has 5 heavy (non-hydrogen) atoms. The Morgan fingerprint density at radius 3 is 2.20 bits per heavy atom. The van der Waals surface area contributed by atoms with E-state index in [0.29, 0.717) is 5.92 Å². The molecule has 0 unspecified atom stereocenters. The first kappa shape index (κ1) is 3.16. The maximum absolute atomic E-state index is 6.81. The van der Waals surface area contributed by atoms with Crippen LogP contribution in [0.15, 0.2) is 0 Å². The predicted molar refractivity (Wildman–Crippen MR) is 23.9 cm³/mol. The number of hydrogen-bond acceptors (Lipinski definition) is 1. The van der Waals surface area contributed by atoms with Crippen molar-refractivity contribution in [2.24, 2.45) is 11.7 Å². The van der Waals surface area contributed by atoms with Gasteiger partial charge in [-0.1, -0.05) is 13.8 Å². The quantitative estimate of drug-likeness (QED) is 0.484. The molecule has 0 amide bonds. The second kappa shape index (κ2) is 2.21. The lowest BCUT2D eigenvalue weighted by Gasteiger charge is -1.91. The van der Waals surface area contributed by atoms with Gasteiger partial charge in [-0.15, -0.1) is 0 Å². The van der Waals surface area contributed by atoms with Crippen molar-refractivity contribution in [2.75, 3.05) is 6.52 Å². The summed E-state index contributed by atoms with van der Waals surface area (Å²) in [6, 6.07) is 0. The molecule has 0 aliphatic rings. The molecule has 0 bridgehead atoms. The summed E-state index contributed by atoms with van der Waals surface area (Å²) in [7, 11) is 0. The molecule has 0 aliphatic carbocycles. The van der Waals surface area contributed by atoms with Crippen molar-refractivity contribution in [1.82, 2.24) is 0 Å². The van der Waals surface area contributed by atoms with Gasteiger partial charge in [0, 0.05) is 1.37 Å². The van der Waals surface area contributed by atoms with Crippen molar-refractivity contribution in [3.05, 3.63) is 0 Å². The largest absolute Gasteiger partial charge is 0.330 e. The number of nitrogens with two attached hydrogens (primary N) is 1. The molecule has 0 rings (SSSR count). The summed E-state index contributed by atoms with van der Waals surface area (Å²) >= 11 is 0. The van der Waals surface area contributed by atoms with E-state index >= 15 is 0 Å². The Morgan fingerprint density at radius 1 is 2.00 bits per heavy atom. The Kier molecular flexibility index (Phi) is 1.40. The standard InChI is InChI=1S/C4H11N/c1-4(2)3-5/h4H,3,5H2,1-2H3/i3D/t3-/m1/s1. The molecule has 0 saturated carbocycles. The van der Waals surface area contributed by atoms with Crippen LogP contribution in [-0.4, -0.2) is 6.52 Å². The molecule has 1 atom stereocenters. The fraction of sp³-hybridized carbons (Fsp3) is 1.00. The molecule has 0 aliphatic heterocycles. The van der Waals surface area contributed by atoms with Crippen molar-refractivity contribution in [2.45, 2.75) is 13.8 Å². The van der Waals surface area contributed by atoms with E-state index in [1.54, 1.807) is 0 Å².